The first kappa shape index (κ1) is 14.0. The van der Waals surface area contributed by atoms with E-state index in [-0.39, 0.29) is 12.1 Å². The minimum Gasteiger partial charge on any atom is -0.394 e. The second-order valence-electron chi connectivity index (χ2n) is 4.45. The van der Waals surface area contributed by atoms with Crippen LogP contribution in [0.25, 0.3) is 0 Å². The Morgan fingerprint density at radius 2 is 2.00 bits per heavy atom. The molecule has 0 atom stereocenters. The van der Waals surface area contributed by atoms with E-state index >= 15 is 0 Å². The van der Waals surface area contributed by atoms with E-state index in [1.807, 2.05) is 6.92 Å². The molecule has 0 aliphatic carbocycles. The van der Waals surface area contributed by atoms with Gasteiger partial charge >= 0.3 is 0 Å². The molecule has 0 aliphatic heterocycles. The van der Waals surface area contributed by atoms with Crippen molar-refractivity contribution in [2.75, 3.05) is 5.73 Å². The van der Waals surface area contributed by atoms with Crippen LogP contribution in [0.1, 0.15) is 21.6 Å². The van der Waals surface area contributed by atoms with Gasteiger partial charge in [0, 0.05) is 30.9 Å². The zero-order valence-electron chi connectivity index (χ0n) is 11.1. The lowest BCUT2D eigenvalue weighted by molar-refractivity contribution is 0.0950. The van der Waals surface area contributed by atoms with Gasteiger partial charge in [0.15, 0.2) is 0 Å². The highest BCUT2D eigenvalue weighted by atomic mass is 19.1. The number of rotatable bonds is 3. The van der Waals surface area contributed by atoms with Crippen molar-refractivity contribution >= 4 is 11.6 Å². The summed E-state index contributed by atoms with van der Waals surface area (Å²) in [6.07, 6.45) is 1.76. The minimum absolute atomic E-state index is 0.115. The number of nitrogens with one attached hydrogen (secondary N) is 1. The Balaban J connectivity index is 2.11. The first-order valence-corrected chi connectivity index (χ1v) is 5.90. The molecule has 1 amide bonds. The van der Waals surface area contributed by atoms with Crippen LogP contribution >= 0.6 is 0 Å². The van der Waals surface area contributed by atoms with Crippen LogP contribution in [0.5, 0.6) is 0 Å². The van der Waals surface area contributed by atoms with Gasteiger partial charge in [-0.15, -0.1) is 0 Å². The molecule has 0 radical (unpaired) electrons. The summed E-state index contributed by atoms with van der Waals surface area (Å²) in [6, 6.07) is 1.81. The number of hydrogen-bond acceptors (Lipinski definition) is 3. The quantitative estimate of drug-likeness (QED) is 0.837. The van der Waals surface area contributed by atoms with Crippen molar-refractivity contribution in [2.45, 2.75) is 13.5 Å². The molecule has 0 bridgehead atoms. The molecular weight excluding hydrogens is 266 g/mol. The van der Waals surface area contributed by atoms with Crippen molar-refractivity contribution in [1.82, 2.24) is 15.1 Å². The van der Waals surface area contributed by atoms with Gasteiger partial charge in [-0.2, -0.15) is 5.10 Å². The lowest BCUT2D eigenvalue weighted by Gasteiger charge is -2.06. The van der Waals surface area contributed by atoms with Crippen molar-refractivity contribution in [3.63, 3.8) is 0 Å². The number of anilines is 1. The summed E-state index contributed by atoms with van der Waals surface area (Å²) in [5, 5.41) is 6.71. The monoisotopic (exact) mass is 280 g/mol. The SMILES string of the molecule is Cc1nn(C)cc1CNC(=O)c1cc(F)c(N)c(F)c1. The Kier molecular flexibility index (Phi) is 3.69. The number of nitrogens with zero attached hydrogens (tertiary/aromatic N) is 2. The van der Waals surface area contributed by atoms with Crippen LogP contribution in [0.4, 0.5) is 14.5 Å². The summed E-state index contributed by atoms with van der Waals surface area (Å²) in [5.41, 5.74) is 6.05. The van der Waals surface area contributed by atoms with Gasteiger partial charge in [0.25, 0.3) is 5.91 Å². The first-order chi connectivity index (χ1) is 9.38. The summed E-state index contributed by atoms with van der Waals surface area (Å²) in [6.45, 7) is 2.04. The number of halogens is 2. The molecule has 2 rings (SSSR count). The molecule has 0 spiro atoms. The van der Waals surface area contributed by atoms with Gasteiger partial charge in [0.05, 0.1) is 5.69 Å². The van der Waals surface area contributed by atoms with E-state index in [1.165, 1.54) is 0 Å². The van der Waals surface area contributed by atoms with E-state index in [1.54, 1.807) is 17.9 Å². The minimum atomic E-state index is -0.951. The van der Waals surface area contributed by atoms with Crippen LogP contribution in [-0.2, 0) is 13.6 Å². The lowest BCUT2D eigenvalue weighted by Crippen LogP contribution is -2.23. The van der Waals surface area contributed by atoms with Crippen LogP contribution in [0.2, 0.25) is 0 Å². The van der Waals surface area contributed by atoms with Gasteiger partial charge in [-0.05, 0) is 19.1 Å². The van der Waals surface area contributed by atoms with Gasteiger partial charge in [-0.25, -0.2) is 8.78 Å². The molecule has 1 aromatic carbocycles. The molecule has 5 nitrogen and oxygen atoms in total. The average molecular weight is 280 g/mol. The first-order valence-electron chi connectivity index (χ1n) is 5.90. The highest BCUT2D eigenvalue weighted by molar-refractivity contribution is 5.94. The van der Waals surface area contributed by atoms with Crippen molar-refractivity contribution in [1.29, 1.82) is 0 Å². The van der Waals surface area contributed by atoms with Crippen molar-refractivity contribution in [2.24, 2.45) is 7.05 Å². The maximum atomic E-state index is 13.3. The van der Waals surface area contributed by atoms with E-state index < -0.39 is 23.2 Å². The molecule has 0 unspecified atom stereocenters. The van der Waals surface area contributed by atoms with E-state index in [0.29, 0.717) is 0 Å². The molecule has 3 N–H and O–H groups in total. The fourth-order valence-corrected chi connectivity index (χ4v) is 1.82. The number of carbonyl (C=O) groups excluding carboxylic acids is 1. The standard InChI is InChI=1S/C13H14F2N4O/c1-7-9(6-19(2)18-7)5-17-13(20)8-3-10(14)12(16)11(15)4-8/h3-4,6H,5,16H2,1-2H3,(H,17,20). The van der Waals surface area contributed by atoms with E-state index in [4.69, 9.17) is 5.73 Å². The van der Waals surface area contributed by atoms with E-state index in [9.17, 15) is 13.6 Å². The molecular formula is C13H14F2N4O. The van der Waals surface area contributed by atoms with Crippen molar-refractivity contribution in [3.8, 4) is 0 Å². The zero-order chi connectivity index (χ0) is 14.9. The van der Waals surface area contributed by atoms with E-state index in [0.717, 1.165) is 23.4 Å². The van der Waals surface area contributed by atoms with Crippen molar-refractivity contribution < 1.29 is 13.6 Å². The summed E-state index contributed by atoms with van der Waals surface area (Å²) in [7, 11) is 1.77. The molecule has 106 valence electrons. The predicted octanol–water partition coefficient (Wildman–Crippen LogP) is 1.52. The number of nitrogen functional groups attached to an aromatic ring is 1. The number of benzene rings is 1. The number of nitrogens with two attached hydrogens (primary N) is 1. The van der Waals surface area contributed by atoms with Gasteiger partial charge in [0.2, 0.25) is 0 Å². The second-order valence-corrected chi connectivity index (χ2v) is 4.45. The third-order valence-electron chi connectivity index (χ3n) is 2.90. The number of amides is 1. The Bertz CT molecular complexity index is 643. The van der Waals surface area contributed by atoms with Gasteiger partial charge in [-0.3, -0.25) is 9.48 Å². The highest BCUT2D eigenvalue weighted by Gasteiger charge is 2.13. The molecule has 0 saturated carbocycles. The number of aryl methyl sites for hydroxylation is 2. The Labute approximate surface area is 114 Å². The lowest BCUT2D eigenvalue weighted by atomic mass is 10.1. The second kappa shape index (κ2) is 5.28. The maximum absolute atomic E-state index is 13.3. The fraction of sp³-hybridized carbons (Fsp3) is 0.231. The third-order valence-corrected chi connectivity index (χ3v) is 2.90. The Morgan fingerprint density at radius 1 is 1.40 bits per heavy atom. The van der Waals surface area contributed by atoms with Crippen LogP contribution in [0, 0.1) is 18.6 Å². The Hall–Kier alpha value is -2.44. The van der Waals surface area contributed by atoms with E-state index in [2.05, 4.69) is 10.4 Å². The molecule has 1 aromatic heterocycles. The summed E-state index contributed by atoms with van der Waals surface area (Å²) >= 11 is 0. The summed E-state index contributed by atoms with van der Waals surface area (Å²) in [5.74, 6) is -2.48. The largest absolute Gasteiger partial charge is 0.394 e. The molecule has 1 heterocycles. The number of carbonyl (C=O) groups is 1. The van der Waals surface area contributed by atoms with Crippen LogP contribution < -0.4 is 11.1 Å². The molecule has 2 aromatic rings. The molecule has 0 fully saturated rings. The predicted molar refractivity (Wildman–Crippen MR) is 69.9 cm³/mol. The fourth-order valence-electron chi connectivity index (χ4n) is 1.82. The summed E-state index contributed by atoms with van der Waals surface area (Å²) < 4.78 is 28.2. The normalized spacial score (nSPS) is 10.6. The maximum Gasteiger partial charge on any atom is 0.251 e. The molecule has 20 heavy (non-hydrogen) atoms. The highest BCUT2D eigenvalue weighted by Crippen LogP contribution is 2.17. The summed E-state index contributed by atoms with van der Waals surface area (Å²) in [4.78, 5) is 11.8. The number of hydrogen-bond donors (Lipinski definition) is 2. The Morgan fingerprint density at radius 3 is 2.50 bits per heavy atom. The van der Waals surface area contributed by atoms with Crippen molar-refractivity contribution in [3.05, 3.63) is 46.8 Å². The zero-order valence-corrected chi connectivity index (χ0v) is 11.1. The van der Waals surface area contributed by atoms with Crippen LogP contribution in [-0.4, -0.2) is 15.7 Å². The van der Waals surface area contributed by atoms with Gasteiger partial charge in [0.1, 0.15) is 17.3 Å². The molecule has 0 aliphatic rings. The van der Waals surface area contributed by atoms with Crippen LogP contribution in [0.3, 0.4) is 0 Å². The average Bonchev–Trinajstić information content (AvgIpc) is 2.70. The smallest absolute Gasteiger partial charge is 0.251 e. The molecule has 0 saturated heterocycles. The topological polar surface area (TPSA) is 72.9 Å². The van der Waals surface area contributed by atoms with Gasteiger partial charge < -0.3 is 11.1 Å². The number of aromatic nitrogens is 2. The third kappa shape index (κ3) is 2.76. The molecule has 7 heteroatoms. The van der Waals surface area contributed by atoms with Gasteiger partial charge in [-0.1, -0.05) is 0 Å². The van der Waals surface area contributed by atoms with Crippen LogP contribution in [0.15, 0.2) is 18.3 Å².